The summed E-state index contributed by atoms with van der Waals surface area (Å²) in [6.45, 7) is 7.22. The van der Waals surface area contributed by atoms with Crippen LogP contribution in [0.1, 0.15) is 75.1 Å². The lowest BCUT2D eigenvalue weighted by Gasteiger charge is -2.37. The van der Waals surface area contributed by atoms with Gasteiger partial charge in [0.05, 0.1) is 12.2 Å². The third kappa shape index (κ3) is 5.71. The molecule has 4 nitrogen and oxygen atoms in total. The quantitative estimate of drug-likeness (QED) is 0.693. The number of hydrogen-bond acceptors (Lipinski definition) is 3. The van der Waals surface area contributed by atoms with Crippen LogP contribution in [0.4, 0.5) is 0 Å². The van der Waals surface area contributed by atoms with Crippen molar-refractivity contribution in [3.63, 3.8) is 0 Å². The van der Waals surface area contributed by atoms with Crippen LogP contribution in [0.2, 0.25) is 0 Å². The number of carbonyl (C=O) groups excluding carboxylic acids is 1. The summed E-state index contributed by atoms with van der Waals surface area (Å²) in [7, 11) is 0. The van der Waals surface area contributed by atoms with Crippen molar-refractivity contribution in [2.45, 2.75) is 70.8 Å². The topological polar surface area (TPSA) is 32.8 Å². The summed E-state index contributed by atoms with van der Waals surface area (Å²) in [5, 5.41) is 0. The zero-order valence-corrected chi connectivity index (χ0v) is 17.0. The van der Waals surface area contributed by atoms with E-state index in [2.05, 4.69) is 16.7 Å². The molecule has 0 bridgehead atoms. The van der Waals surface area contributed by atoms with Gasteiger partial charge in [0.1, 0.15) is 5.75 Å². The maximum atomic E-state index is 13.3. The van der Waals surface area contributed by atoms with Crippen molar-refractivity contribution in [1.29, 1.82) is 0 Å². The molecule has 4 heteroatoms. The van der Waals surface area contributed by atoms with Gasteiger partial charge >= 0.3 is 0 Å². The molecule has 0 saturated carbocycles. The number of piperidine rings is 1. The maximum absolute atomic E-state index is 13.3. The van der Waals surface area contributed by atoms with E-state index in [-0.39, 0.29) is 5.91 Å². The lowest BCUT2D eigenvalue weighted by molar-refractivity contribution is 0.0580. The lowest BCUT2D eigenvalue weighted by Crippen LogP contribution is -2.45. The Bertz CT molecular complexity index is 581. The summed E-state index contributed by atoms with van der Waals surface area (Å²) in [6, 6.07) is 8.12. The molecule has 0 N–H and O–H groups in total. The molecule has 2 aliphatic rings. The Labute approximate surface area is 164 Å². The zero-order chi connectivity index (χ0) is 18.9. The molecule has 0 radical (unpaired) electrons. The smallest absolute Gasteiger partial charge is 0.257 e. The van der Waals surface area contributed by atoms with Crippen LogP contribution in [0.3, 0.4) is 0 Å². The molecule has 1 amide bonds. The lowest BCUT2D eigenvalue weighted by atomic mass is 9.97. The molecule has 27 heavy (non-hydrogen) atoms. The Hall–Kier alpha value is -1.55. The Morgan fingerprint density at radius 2 is 1.78 bits per heavy atom. The fourth-order valence-corrected chi connectivity index (χ4v) is 4.40. The van der Waals surface area contributed by atoms with Crippen LogP contribution >= 0.6 is 0 Å². The Kier molecular flexibility index (Phi) is 8.00. The number of nitrogens with zero attached hydrogens (tertiary/aromatic N) is 2. The van der Waals surface area contributed by atoms with Gasteiger partial charge in [0.2, 0.25) is 0 Å². The Balaban J connectivity index is 1.64. The first-order valence-corrected chi connectivity index (χ1v) is 11.0. The molecule has 2 aliphatic heterocycles. The maximum Gasteiger partial charge on any atom is 0.257 e. The van der Waals surface area contributed by atoms with Gasteiger partial charge in [-0.2, -0.15) is 0 Å². The molecular formula is C23H36N2O2. The number of amides is 1. The molecule has 2 saturated heterocycles. The standard InChI is InChI=1S/C23H36N2O2/c1-2-19-27-22-13-6-5-12-21(22)23(26)25-17-10-7-11-20(25)14-18-24-15-8-3-4-9-16-24/h5-6,12-13,20H,2-4,7-11,14-19H2,1H3. The molecule has 2 fully saturated rings. The first kappa shape index (κ1) is 20.2. The molecule has 1 atom stereocenters. The zero-order valence-electron chi connectivity index (χ0n) is 17.0. The van der Waals surface area contributed by atoms with Crippen molar-refractivity contribution >= 4 is 5.91 Å². The summed E-state index contributed by atoms with van der Waals surface area (Å²) in [4.78, 5) is 18.1. The summed E-state index contributed by atoms with van der Waals surface area (Å²) in [5.74, 6) is 0.892. The highest BCUT2D eigenvalue weighted by atomic mass is 16.5. The van der Waals surface area contributed by atoms with Gasteiger partial charge in [-0.3, -0.25) is 4.79 Å². The highest BCUT2D eigenvalue weighted by Crippen LogP contribution is 2.26. The number of carbonyl (C=O) groups is 1. The molecule has 1 aromatic rings. The number of ether oxygens (including phenoxy) is 1. The van der Waals surface area contributed by atoms with Gasteiger partial charge in [0, 0.05) is 19.1 Å². The number of para-hydroxylation sites is 1. The van der Waals surface area contributed by atoms with E-state index < -0.39 is 0 Å². The van der Waals surface area contributed by atoms with Crippen molar-refractivity contribution in [2.24, 2.45) is 0 Å². The first-order chi connectivity index (χ1) is 13.3. The van der Waals surface area contributed by atoms with Gasteiger partial charge in [-0.1, -0.05) is 31.9 Å². The summed E-state index contributed by atoms with van der Waals surface area (Å²) >= 11 is 0. The minimum atomic E-state index is 0.155. The van der Waals surface area contributed by atoms with Gasteiger partial charge in [-0.15, -0.1) is 0 Å². The second-order valence-electron chi connectivity index (χ2n) is 8.04. The first-order valence-electron chi connectivity index (χ1n) is 11.0. The van der Waals surface area contributed by atoms with Gasteiger partial charge in [0.25, 0.3) is 5.91 Å². The van der Waals surface area contributed by atoms with Crippen molar-refractivity contribution in [3.05, 3.63) is 29.8 Å². The molecule has 1 aromatic carbocycles. The van der Waals surface area contributed by atoms with Gasteiger partial charge in [-0.05, 0) is 70.2 Å². The largest absolute Gasteiger partial charge is 0.493 e. The van der Waals surface area contributed by atoms with E-state index in [0.717, 1.165) is 50.1 Å². The fourth-order valence-electron chi connectivity index (χ4n) is 4.40. The van der Waals surface area contributed by atoms with E-state index in [1.165, 1.54) is 45.2 Å². The highest BCUT2D eigenvalue weighted by Gasteiger charge is 2.29. The van der Waals surface area contributed by atoms with Crippen molar-refractivity contribution < 1.29 is 9.53 Å². The van der Waals surface area contributed by atoms with Gasteiger partial charge < -0.3 is 14.5 Å². The molecule has 0 aromatic heterocycles. The van der Waals surface area contributed by atoms with Crippen molar-refractivity contribution in [3.8, 4) is 5.75 Å². The number of likely N-dealkylation sites (tertiary alicyclic amines) is 2. The number of hydrogen-bond donors (Lipinski definition) is 0. The molecule has 1 unspecified atom stereocenters. The predicted octanol–water partition coefficient (Wildman–Crippen LogP) is 4.74. The Morgan fingerprint density at radius 3 is 2.56 bits per heavy atom. The predicted molar refractivity (Wildman–Crippen MR) is 110 cm³/mol. The monoisotopic (exact) mass is 372 g/mol. The minimum absolute atomic E-state index is 0.155. The minimum Gasteiger partial charge on any atom is -0.493 e. The van der Waals surface area contributed by atoms with E-state index in [1.807, 2.05) is 24.3 Å². The SMILES string of the molecule is CCCOc1ccccc1C(=O)N1CCCCC1CCN1CCCCCC1. The average molecular weight is 373 g/mol. The van der Waals surface area contributed by atoms with Crippen LogP contribution in [-0.4, -0.2) is 54.5 Å². The number of benzene rings is 1. The van der Waals surface area contributed by atoms with E-state index in [4.69, 9.17) is 4.74 Å². The second kappa shape index (κ2) is 10.7. The van der Waals surface area contributed by atoms with Crippen LogP contribution in [-0.2, 0) is 0 Å². The second-order valence-corrected chi connectivity index (χ2v) is 8.04. The normalized spacial score (nSPS) is 21.7. The van der Waals surface area contributed by atoms with Crippen LogP contribution < -0.4 is 4.74 Å². The van der Waals surface area contributed by atoms with Gasteiger partial charge in [-0.25, -0.2) is 0 Å². The van der Waals surface area contributed by atoms with Crippen LogP contribution in [0.25, 0.3) is 0 Å². The average Bonchev–Trinajstić information content (AvgIpc) is 2.99. The third-order valence-electron chi connectivity index (χ3n) is 5.94. The molecule has 2 heterocycles. The molecule has 0 spiro atoms. The molecule has 0 aliphatic carbocycles. The van der Waals surface area contributed by atoms with Crippen molar-refractivity contribution in [1.82, 2.24) is 9.80 Å². The molecule has 3 rings (SSSR count). The van der Waals surface area contributed by atoms with E-state index in [1.54, 1.807) is 0 Å². The third-order valence-corrected chi connectivity index (χ3v) is 5.94. The molecule has 150 valence electrons. The summed E-state index contributed by atoms with van der Waals surface area (Å²) < 4.78 is 5.85. The van der Waals surface area contributed by atoms with Gasteiger partial charge in [0.15, 0.2) is 0 Å². The fraction of sp³-hybridized carbons (Fsp3) is 0.696. The van der Waals surface area contributed by atoms with E-state index in [9.17, 15) is 4.79 Å². The van der Waals surface area contributed by atoms with E-state index >= 15 is 0 Å². The summed E-state index contributed by atoms with van der Waals surface area (Å²) in [6.07, 6.45) is 10.9. The Morgan fingerprint density at radius 1 is 1.04 bits per heavy atom. The van der Waals surface area contributed by atoms with Crippen LogP contribution in [0.15, 0.2) is 24.3 Å². The summed E-state index contributed by atoms with van der Waals surface area (Å²) in [5.41, 5.74) is 0.729. The van der Waals surface area contributed by atoms with Crippen LogP contribution in [0.5, 0.6) is 5.75 Å². The highest BCUT2D eigenvalue weighted by molar-refractivity contribution is 5.97. The van der Waals surface area contributed by atoms with E-state index in [0.29, 0.717) is 12.6 Å². The molecular weight excluding hydrogens is 336 g/mol. The van der Waals surface area contributed by atoms with Crippen molar-refractivity contribution in [2.75, 3.05) is 32.8 Å². The van der Waals surface area contributed by atoms with Crippen LogP contribution in [0, 0.1) is 0 Å². The number of rotatable bonds is 7.